The number of aromatic nitrogens is 4. The third kappa shape index (κ3) is 3.18. The Morgan fingerprint density at radius 1 is 1.25 bits per heavy atom. The number of carbonyl (C=O) groups is 1. The van der Waals surface area contributed by atoms with Crippen molar-refractivity contribution in [3.8, 4) is 0 Å². The Morgan fingerprint density at radius 2 is 2.12 bits per heavy atom. The van der Waals surface area contributed by atoms with Gasteiger partial charge in [-0.1, -0.05) is 36.8 Å². The van der Waals surface area contributed by atoms with Crippen molar-refractivity contribution in [1.29, 1.82) is 0 Å². The molecule has 1 heterocycles. The second kappa shape index (κ2) is 6.71. The fourth-order valence-corrected chi connectivity index (χ4v) is 4.43. The van der Waals surface area contributed by atoms with Crippen molar-refractivity contribution in [2.45, 2.75) is 38.1 Å². The van der Waals surface area contributed by atoms with E-state index in [0.717, 1.165) is 23.9 Å². The smallest absolute Gasteiger partial charge is 0.245 e. The van der Waals surface area contributed by atoms with E-state index in [1.165, 1.54) is 32.0 Å². The Kier molecular flexibility index (Phi) is 4.28. The Morgan fingerprint density at radius 3 is 2.79 bits per heavy atom. The lowest BCUT2D eigenvalue weighted by Crippen LogP contribution is -2.38. The number of tetrazole rings is 1. The second-order valence-electron chi connectivity index (χ2n) is 7.18. The van der Waals surface area contributed by atoms with Crippen molar-refractivity contribution in [3.63, 3.8) is 0 Å². The maximum atomic E-state index is 12.8. The summed E-state index contributed by atoms with van der Waals surface area (Å²) in [6.07, 6.45) is 7.47. The van der Waals surface area contributed by atoms with Gasteiger partial charge in [-0.05, 0) is 53.0 Å². The summed E-state index contributed by atoms with van der Waals surface area (Å²) in [4.78, 5) is 12.8. The number of nitrogens with zero attached hydrogens (tertiary/aromatic N) is 4. The highest BCUT2D eigenvalue weighted by Crippen LogP contribution is 2.47. The van der Waals surface area contributed by atoms with Gasteiger partial charge in [0.05, 0.1) is 0 Å². The second-order valence-corrected chi connectivity index (χ2v) is 7.18. The van der Waals surface area contributed by atoms with Crippen LogP contribution in [0.5, 0.6) is 0 Å². The minimum Gasteiger partial charge on any atom is -0.354 e. The highest BCUT2D eigenvalue weighted by molar-refractivity contribution is 5.80. The number of amides is 1. The van der Waals surface area contributed by atoms with Crippen molar-refractivity contribution >= 4 is 5.91 Å². The van der Waals surface area contributed by atoms with Gasteiger partial charge in [0.2, 0.25) is 5.91 Å². The maximum Gasteiger partial charge on any atom is 0.245 e. The van der Waals surface area contributed by atoms with Gasteiger partial charge in [0.15, 0.2) is 0 Å². The van der Waals surface area contributed by atoms with Crippen molar-refractivity contribution in [1.82, 2.24) is 25.5 Å². The van der Waals surface area contributed by atoms with Gasteiger partial charge < -0.3 is 5.32 Å². The van der Waals surface area contributed by atoms with Crippen LogP contribution >= 0.6 is 0 Å². The number of benzene rings is 1. The lowest BCUT2D eigenvalue weighted by molar-refractivity contribution is -0.124. The summed E-state index contributed by atoms with van der Waals surface area (Å²) in [5.41, 5.74) is 1.10. The van der Waals surface area contributed by atoms with Gasteiger partial charge in [-0.15, -0.1) is 5.10 Å². The van der Waals surface area contributed by atoms with Gasteiger partial charge in [-0.25, -0.2) is 4.68 Å². The van der Waals surface area contributed by atoms with Crippen LogP contribution in [0.3, 0.4) is 0 Å². The molecule has 1 N–H and O–H groups in total. The van der Waals surface area contributed by atoms with Crippen LogP contribution in [-0.4, -0.2) is 32.7 Å². The summed E-state index contributed by atoms with van der Waals surface area (Å²) < 4.78 is 1.56. The molecule has 2 saturated carbocycles. The molecular formula is C18H23N5O. The average Bonchev–Trinajstić information content (AvgIpc) is 3.36. The Balaban J connectivity index is 1.41. The van der Waals surface area contributed by atoms with E-state index in [9.17, 15) is 4.79 Å². The number of carbonyl (C=O) groups excluding carboxylic acids is 1. The molecule has 6 nitrogen and oxygen atoms in total. The summed E-state index contributed by atoms with van der Waals surface area (Å²) in [7, 11) is 0. The minimum absolute atomic E-state index is 0.00827. The van der Waals surface area contributed by atoms with Crippen LogP contribution in [0.4, 0.5) is 0 Å². The molecule has 2 bridgehead atoms. The summed E-state index contributed by atoms with van der Waals surface area (Å²) in [6.45, 7) is 0.785. The van der Waals surface area contributed by atoms with E-state index < -0.39 is 6.04 Å². The summed E-state index contributed by atoms with van der Waals surface area (Å²) in [5.74, 6) is 2.38. The van der Waals surface area contributed by atoms with E-state index in [0.29, 0.717) is 12.3 Å². The first-order valence-electron chi connectivity index (χ1n) is 8.83. The molecule has 2 aromatic rings. The van der Waals surface area contributed by atoms with Crippen LogP contribution < -0.4 is 5.32 Å². The van der Waals surface area contributed by atoms with Crippen LogP contribution in [0.2, 0.25) is 0 Å². The number of hydrogen-bond acceptors (Lipinski definition) is 4. The van der Waals surface area contributed by atoms with Gasteiger partial charge in [0.25, 0.3) is 0 Å². The molecule has 4 rings (SSSR count). The van der Waals surface area contributed by atoms with Crippen LogP contribution in [-0.2, 0) is 11.2 Å². The third-order valence-corrected chi connectivity index (χ3v) is 5.68. The minimum atomic E-state index is -0.402. The van der Waals surface area contributed by atoms with Crippen molar-refractivity contribution in [2.75, 3.05) is 6.54 Å². The Labute approximate surface area is 141 Å². The Bertz CT molecular complexity index is 672. The SMILES string of the molecule is O=C(NC[C@H]1C[C@H]2CC[C@H]1C2)[C@H](Cc1ccccc1)n1cnnn1. The molecule has 126 valence electrons. The van der Waals surface area contributed by atoms with Crippen molar-refractivity contribution in [3.05, 3.63) is 42.2 Å². The van der Waals surface area contributed by atoms with E-state index in [4.69, 9.17) is 0 Å². The van der Waals surface area contributed by atoms with E-state index in [1.807, 2.05) is 30.3 Å². The monoisotopic (exact) mass is 325 g/mol. The summed E-state index contributed by atoms with van der Waals surface area (Å²) in [6, 6.07) is 9.60. The van der Waals surface area contributed by atoms with E-state index in [1.54, 1.807) is 4.68 Å². The molecule has 0 radical (unpaired) electrons. The maximum absolute atomic E-state index is 12.8. The van der Waals surface area contributed by atoms with E-state index >= 15 is 0 Å². The fraction of sp³-hybridized carbons (Fsp3) is 0.556. The molecule has 2 aliphatic rings. The molecule has 0 saturated heterocycles. The molecule has 1 aromatic heterocycles. The van der Waals surface area contributed by atoms with Gasteiger partial charge in [0, 0.05) is 13.0 Å². The predicted molar refractivity (Wildman–Crippen MR) is 88.9 cm³/mol. The van der Waals surface area contributed by atoms with Crippen molar-refractivity contribution < 1.29 is 4.79 Å². The van der Waals surface area contributed by atoms with Crippen LogP contribution in [0.25, 0.3) is 0 Å². The normalized spacial score (nSPS) is 26.4. The molecule has 1 amide bonds. The molecule has 0 unspecified atom stereocenters. The molecular weight excluding hydrogens is 302 g/mol. The highest BCUT2D eigenvalue weighted by atomic mass is 16.2. The molecule has 0 aliphatic heterocycles. The molecule has 1 aromatic carbocycles. The molecule has 24 heavy (non-hydrogen) atoms. The van der Waals surface area contributed by atoms with Crippen LogP contribution in [0.1, 0.15) is 37.3 Å². The summed E-state index contributed by atoms with van der Waals surface area (Å²) in [5, 5.41) is 14.5. The largest absolute Gasteiger partial charge is 0.354 e. The zero-order valence-corrected chi connectivity index (χ0v) is 13.7. The molecule has 6 heteroatoms. The average molecular weight is 325 g/mol. The topological polar surface area (TPSA) is 72.7 Å². The predicted octanol–water partition coefficient (Wildman–Crippen LogP) is 2.01. The van der Waals surface area contributed by atoms with E-state index in [2.05, 4.69) is 20.8 Å². The molecule has 0 spiro atoms. The first-order valence-corrected chi connectivity index (χ1v) is 8.83. The Hall–Kier alpha value is -2.24. The number of rotatable bonds is 6. The molecule has 2 aliphatic carbocycles. The summed E-state index contributed by atoms with van der Waals surface area (Å²) >= 11 is 0. The van der Waals surface area contributed by atoms with Gasteiger partial charge in [-0.2, -0.15) is 0 Å². The number of fused-ring (bicyclic) bond motifs is 2. The first kappa shape index (κ1) is 15.3. The van der Waals surface area contributed by atoms with E-state index in [-0.39, 0.29) is 5.91 Å². The lowest BCUT2D eigenvalue weighted by atomic mass is 9.89. The van der Waals surface area contributed by atoms with Crippen LogP contribution in [0.15, 0.2) is 36.7 Å². The highest BCUT2D eigenvalue weighted by Gasteiger charge is 2.39. The number of nitrogens with one attached hydrogen (secondary N) is 1. The van der Waals surface area contributed by atoms with Crippen molar-refractivity contribution in [2.24, 2.45) is 17.8 Å². The van der Waals surface area contributed by atoms with Gasteiger partial charge in [-0.3, -0.25) is 4.79 Å². The molecule has 4 atom stereocenters. The fourth-order valence-electron chi connectivity index (χ4n) is 4.43. The van der Waals surface area contributed by atoms with Gasteiger partial charge in [0.1, 0.15) is 12.4 Å². The zero-order chi connectivity index (χ0) is 16.4. The first-order chi connectivity index (χ1) is 11.8. The quantitative estimate of drug-likeness (QED) is 0.882. The third-order valence-electron chi connectivity index (χ3n) is 5.68. The lowest BCUT2D eigenvalue weighted by Gasteiger charge is -2.23. The van der Waals surface area contributed by atoms with Crippen LogP contribution in [0, 0.1) is 17.8 Å². The standard InChI is InChI=1S/C18H23N5O/c24-18(19-11-16-9-14-6-7-15(16)8-14)17(23-12-20-21-22-23)10-13-4-2-1-3-5-13/h1-5,12,14-17H,6-11H2,(H,19,24)/t14-,15-,16+,17-/m0/s1. The number of hydrogen-bond donors (Lipinski definition) is 1. The van der Waals surface area contributed by atoms with Gasteiger partial charge >= 0.3 is 0 Å². The molecule has 2 fully saturated rings. The zero-order valence-electron chi connectivity index (χ0n) is 13.7.